The lowest BCUT2D eigenvalue weighted by molar-refractivity contribution is 0.0946. The fraction of sp³-hybridized carbons (Fsp3) is 0.281. The molecule has 9 nitrogen and oxygen atoms in total. The van der Waals surface area contributed by atoms with E-state index in [4.69, 9.17) is 4.74 Å². The summed E-state index contributed by atoms with van der Waals surface area (Å²) in [5, 5.41) is 9.01. The third kappa shape index (κ3) is 5.21. The molecule has 3 heterocycles. The molecule has 0 bridgehead atoms. The van der Waals surface area contributed by atoms with Gasteiger partial charge in [-0.05, 0) is 67.6 Å². The van der Waals surface area contributed by atoms with Gasteiger partial charge in [0.2, 0.25) is 0 Å². The number of rotatable bonds is 8. The highest BCUT2D eigenvalue weighted by molar-refractivity contribution is 6.16. The molecule has 42 heavy (non-hydrogen) atoms. The maximum absolute atomic E-state index is 13.7. The number of halogens is 1. The number of para-hydroxylation sites is 1. The number of aryl methyl sites for hydroxylation is 1. The van der Waals surface area contributed by atoms with Crippen LogP contribution in [0.15, 0.2) is 77.6 Å². The van der Waals surface area contributed by atoms with E-state index in [1.165, 1.54) is 16.8 Å². The van der Waals surface area contributed by atoms with Crippen LogP contribution in [0.5, 0.6) is 5.75 Å². The van der Waals surface area contributed by atoms with Gasteiger partial charge in [0.05, 0.1) is 12.8 Å². The summed E-state index contributed by atoms with van der Waals surface area (Å²) in [5.74, 6) is 0.113. The van der Waals surface area contributed by atoms with Crippen molar-refractivity contribution in [2.45, 2.75) is 6.42 Å². The summed E-state index contributed by atoms with van der Waals surface area (Å²) in [5.41, 5.74) is 2.77. The van der Waals surface area contributed by atoms with Gasteiger partial charge in [-0.1, -0.05) is 18.2 Å². The summed E-state index contributed by atoms with van der Waals surface area (Å²) in [6.07, 6.45) is 0.777. The molecule has 1 N–H and O–H groups in total. The Kier molecular flexibility index (Phi) is 7.62. The van der Waals surface area contributed by atoms with Gasteiger partial charge in [-0.3, -0.25) is 14.5 Å². The highest BCUT2D eigenvalue weighted by atomic mass is 19.1. The summed E-state index contributed by atoms with van der Waals surface area (Å²) in [6, 6.07) is 21.3. The van der Waals surface area contributed by atoms with Crippen LogP contribution in [0.1, 0.15) is 16.9 Å². The van der Waals surface area contributed by atoms with Gasteiger partial charge in [-0.15, -0.1) is 0 Å². The Morgan fingerprint density at radius 3 is 2.36 bits per heavy atom. The van der Waals surface area contributed by atoms with Crippen molar-refractivity contribution in [1.29, 1.82) is 0 Å². The molecule has 6 rings (SSSR count). The Hall–Kier alpha value is -4.70. The monoisotopic (exact) mass is 568 g/mol. The van der Waals surface area contributed by atoms with E-state index in [1.807, 2.05) is 48.0 Å². The normalized spacial score (nSPS) is 14.0. The summed E-state index contributed by atoms with van der Waals surface area (Å²) in [7, 11) is 3.42. The molecule has 0 unspecified atom stereocenters. The zero-order valence-electron chi connectivity index (χ0n) is 23.7. The van der Waals surface area contributed by atoms with Gasteiger partial charge < -0.3 is 19.5 Å². The smallest absolute Gasteiger partial charge is 0.296 e. The lowest BCUT2D eigenvalue weighted by atomic mass is 10.1. The van der Waals surface area contributed by atoms with Crippen LogP contribution in [0.4, 0.5) is 10.1 Å². The molecule has 1 aliphatic heterocycles. The van der Waals surface area contributed by atoms with Crippen LogP contribution in [-0.2, 0) is 7.05 Å². The Bertz CT molecular complexity index is 1790. The van der Waals surface area contributed by atoms with Crippen LogP contribution < -0.4 is 20.5 Å². The van der Waals surface area contributed by atoms with E-state index in [-0.39, 0.29) is 23.0 Å². The van der Waals surface area contributed by atoms with Crippen LogP contribution in [0, 0.1) is 5.82 Å². The number of aromatic nitrogens is 3. The Morgan fingerprint density at radius 2 is 1.64 bits per heavy atom. The first-order valence-electron chi connectivity index (χ1n) is 14.1. The first-order chi connectivity index (χ1) is 20.4. The number of hydrogen-bond acceptors (Lipinski definition) is 6. The maximum Gasteiger partial charge on any atom is 0.296 e. The molecule has 0 radical (unpaired) electrons. The molecule has 1 aliphatic rings. The van der Waals surface area contributed by atoms with Crippen molar-refractivity contribution < 1.29 is 13.9 Å². The second-order valence-corrected chi connectivity index (χ2v) is 10.5. The maximum atomic E-state index is 13.7. The van der Waals surface area contributed by atoms with E-state index < -0.39 is 0 Å². The van der Waals surface area contributed by atoms with Crippen molar-refractivity contribution in [2.75, 3.05) is 51.3 Å². The first kappa shape index (κ1) is 27.5. The van der Waals surface area contributed by atoms with Gasteiger partial charge in [-0.25, -0.2) is 4.39 Å². The number of amides is 1. The largest absolute Gasteiger partial charge is 0.497 e. The number of methoxy groups -OCH3 is 1. The quantitative estimate of drug-likeness (QED) is 0.285. The number of carbonyl (C=O) groups excluding carboxylic acids is 1. The lowest BCUT2D eigenvalue weighted by Gasteiger charge is -2.36. The van der Waals surface area contributed by atoms with E-state index in [2.05, 4.69) is 20.2 Å². The zero-order chi connectivity index (χ0) is 29.2. The van der Waals surface area contributed by atoms with Crippen molar-refractivity contribution in [3.63, 3.8) is 0 Å². The van der Waals surface area contributed by atoms with Crippen LogP contribution in [0.25, 0.3) is 27.5 Å². The molecule has 5 aromatic rings. The fourth-order valence-electron chi connectivity index (χ4n) is 5.71. The molecule has 3 aromatic carbocycles. The van der Waals surface area contributed by atoms with Gasteiger partial charge in [0.1, 0.15) is 17.1 Å². The standard InChI is InChI=1S/C32H33FN6O3/c1-36-27-7-4-3-6-26(27)28-29(35-39(32(41)30(28)36)24-12-14-25(42-2)15-13-24)31(40)34-16-5-17-37-18-20-38(21-19-37)23-10-8-22(33)9-11-23/h3-4,6-15H,5,16-21H2,1-2H3,(H,34,40). The summed E-state index contributed by atoms with van der Waals surface area (Å²) >= 11 is 0. The number of hydrogen-bond donors (Lipinski definition) is 1. The molecule has 216 valence electrons. The van der Waals surface area contributed by atoms with Gasteiger partial charge in [0.25, 0.3) is 11.5 Å². The molecule has 1 amide bonds. The third-order valence-electron chi connectivity index (χ3n) is 7.97. The number of ether oxygens (including phenoxy) is 1. The molecular formula is C32H33FN6O3. The average molecular weight is 569 g/mol. The summed E-state index contributed by atoms with van der Waals surface area (Å²) in [4.78, 5) is 32.0. The second kappa shape index (κ2) is 11.7. The van der Waals surface area contributed by atoms with E-state index in [0.29, 0.717) is 28.9 Å². The number of benzene rings is 3. The highest BCUT2D eigenvalue weighted by Crippen LogP contribution is 2.28. The van der Waals surface area contributed by atoms with Gasteiger partial charge in [0.15, 0.2) is 5.69 Å². The fourth-order valence-corrected chi connectivity index (χ4v) is 5.71. The molecule has 0 aliphatic carbocycles. The van der Waals surface area contributed by atoms with E-state index in [1.54, 1.807) is 31.4 Å². The Morgan fingerprint density at radius 1 is 0.952 bits per heavy atom. The molecular weight excluding hydrogens is 535 g/mol. The predicted octanol–water partition coefficient (Wildman–Crippen LogP) is 3.97. The first-order valence-corrected chi connectivity index (χ1v) is 14.1. The lowest BCUT2D eigenvalue weighted by Crippen LogP contribution is -2.47. The van der Waals surface area contributed by atoms with Crippen LogP contribution in [-0.4, -0.2) is 71.5 Å². The van der Waals surface area contributed by atoms with Crippen molar-refractivity contribution in [1.82, 2.24) is 24.6 Å². The Balaban J connectivity index is 1.18. The van der Waals surface area contributed by atoms with Gasteiger partial charge in [0, 0.05) is 61.7 Å². The number of piperazine rings is 1. The van der Waals surface area contributed by atoms with Crippen LogP contribution in [0.3, 0.4) is 0 Å². The van der Waals surface area contributed by atoms with E-state index in [9.17, 15) is 14.0 Å². The minimum atomic E-state index is -0.320. The van der Waals surface area contributed by atoms with E-state index in [0.717, 1.165) is 55.7 Å². The molecule has 10 heteroatoms. The Labute approximate surface area is 242 Å². The van der Waals surface area contributed by atoms with Gasteiger partial charge >= 0.3 is 0 Å². The number of nitrogens with zero attached hydrogens (tertiary/aromatic N) is 5. The minimum Gasteiger partial charge on any atom is -0.497 e. The van der Waals surface area contributed by atoms with Crippen molar-refractivity contribution in [3.8, 4) is 11.4 Å². The SMILES string of the molecule is COc1ccc(-n2nc(C(=O)NCCCN3CCN(c4ccc(F)cc4)CC3)c3c4ccccc4n(C)c3c2=O)cc1. The van der Waals surface area contributed by atoms with E-state index >= 15 is 0 Å². The van der Waals surface area contributed by atoms with Crippen molar-refractivity contribution in [3.05, 3.63) is 94.7 Å². The molecule has 1 fully saturated rings. The van der Waals surface area contributed by atoms with Crippen molar-refractivity contribution in [2.24, 2.45) is 7.05 Å². The highest BCUT2D eigenvalue weighted by Gasteiger charge is 2.23. The van der Waals surface area contributed by atoms with Crippen LogP contribution >= 0.6 is 0 Å². The zero-order valence-corrected chi connectivity index (χ0v) is 23.7. The molecule has 0 saturated carbocycles. The summed E-state index contributed by atoms with van der Waals surface area (Å²) < 4.78 is 21.6. The molecule has 1 saturated heterocycles. The molecule has 0 spiro atoms. The number of nitrogens with one attached hydrogen (secondary N) is 1. The number of fused-ring (bicyclic) bond motifs is 3. The third-order valence-corrected chi connectivity index (χ3v) is 7.97. The molecule has 0 atom stereocenters. The van der Waals surface area contributed by atoms with Crippen molar-refractivity contribution >= 4 is 33.4 Å². The summed E-state index contributed by atoms with van der Waals surface area (Å²) in [6.45, 7) is 4.86. The number of carbonyl (C=O) groups is 1. The topological polar surface area (TPSA) is 84.6 Å². The van der Waals surface area contributed by atoms with Crippen LogP contribution in [0.2, 0.25) is 0 Å². The predicted molar refractivity (Wildman–Crippen MR) is 162 cm³/mol. The minimum absolute atomic E-state index is 0.213. The second-order valence-electron chi connectivity index (χ2n) is 10.5. The van der Waals surface area contributed by atoms with Gasteiger partial charge in [-0.2, -0.15) is 9.78 Å². The number of anilines is 1. The average Bonchev–Trinajstić information content (AvgIpc) is 3.33. The molecule has 2 aromatic heterocycles.